The quantitative estimate of drug-likeness (QED) is 0.798. The maximum absolute atomic E-state index is 11.3. The fourth-order valence-corrected chi connectivity index (χ4v) is 2.46. The van der Waals surface area contributed by atoms with Crippen molar-refractivity contribution >= 4 is 22.4 Å². The molecule has 1 saturated carbocycles. The lowest BCUT2D eigenvalue weighted by Crippen LogP contribution is -2.36. The van der Waals surface area contributed by atoms with Crippen LogP contribution < -0.4 is 5.32 Å². The van der Waals surface area contributed by atoms with Gasteiger partial charge in [0.2, 0.25) is 0 Å². The Morgan fingerprint density at radius 3 is 3.06 bits per heavy atom. The number of carbonyl (C=O) groups is 1. The summed E-state index contributed by atoms with van der Waals surface area (Å²) in [5.74, 6) is -0.387. The number of hydrogen-bond donors (Lipinski definition) is 1. The molecule has 1 heterocycles. The van der Waals surface area contributed by atoms with Gasteiger partial charge in [-0.3, -0.25) is 4.90 Å². The van der Waals surface area contributed by atoms with Gasteiger partial charge in [-0.1, -0.05) is 0 Å². The minimum atomic E-state index is -0.387. The van der Waals surface area contributed by atoms with Crippen LogP contribution >= 0.6 is 11.3 Å². The minimum absolute atomic E-state index is 0.369. The summed E-state index contributed by atoms with van der Waals surface area (Å²) < 4.78 is 4.62. The predicted molar refractivity (Wildman–Crippen MR) is 72.2 cm³/mol. The number of methoxy groups -OCH3 is 1. The molecule has 1 aliphatic carbocycles. The molecule has 0 saturated heterocycles. The number of nitrogens with one attached hydrogen (secondary N) is 1. The van der Waals surface area contributed by atoms with Gasteiger partial charge in [0.05, 0.1) is 7.11 Å². The molecular weight excluding hydrogens is 250 g/mol. The lowest BCUT2D eigenvalue weighted by molar-refractivity contribution is 0.0595. The molecule has 1 aliphatic rings. The molecule has 0 radical (unpaired) electrons. The van der Waals surface area contributed by atoms with Crippen molar-refractivity contribution in [3.8, 4) is 0 Å². The highest BCUT2D eigenvalue weighted by Crippen LogP contribution is 2.27. The summed E-state index contributed by atoms with van der Waals surface area (Å²) >= 11 is 1.43. The first-order valence-electron chi connectivity index (χ1n) is 6.11. The van der Waals surface area contributed by atoms with E-state index in [1.807, 2.05) is 0 Å². The second kappa shape index (κ2) is 5.67. The SMILES string of the molecule is COC(=O)c1csc(NCC(C)N(C)C2CC2)n1. The van der Waals surface area contributed by atoms with Crippen LogP contribution in [-0.4, -0.2) is 48.6 Å². The molecule has 0 bridgehead atoms. The normalized spacial score (nSPS) is 16.7. The molecule has 1 atom stereocenters. The van der Waals surface area contributed by atoms with E-state index in [0.717, 1.165) is 17.7 Å². The number of likely N-dealkylation sites (N-methyl/N-ethyl adjacent to an activating group) is 1. The van der Waals surface area contributed by atoms with Gasteiger partial charge in [-0.15, -0.1) is 11.3 Å². The third kappa shape index (κ3) is 3.20. The molecule has 5 nitrogen and oxygen atoms in total. The smallest absolute Gasteiger partial charge is 0.357 e. The number of anilines is 1. The Labute approximate surface area is 111 Å². The Balaban J connectivity index is 1.82. The van der Waals surface area contributed by atoms with Crippen LogP contribution in [0.4, 0.5) is 5.13 Å². The van der Waals surface area contributed by atoms with Crippen molar-refractivity contribution < 1.29 is 9.53 Å². The molecule has 100 valence electrons. The Morgan fingerprint density at radius 2 is 2.44 bits per heavy atom. The third-order valence-electron chi connectivity index (χ3n) is 3.27. The molecule has 1 N–H and O–H groups in total. The molecule has 2 rings (SSSR count). The second-order valence-corrected chi connectivity index (χ2v) is 5.51. The lowest BCUT2D eigenvalue weighted by Gasteiger charge is -2.24. The summed E-state index contributed by atoms with van der Waals surface area (Å²) in [6.07, 6.45) is 2.62. The fraction of sp³-hybridized carbons (Fsp3) is 0.667. The van der Waals surface area contributed by atoms with E-state index < -0.39 is 0 Å². The zero-order chi connectivity index (χ0) is 13.1. The van der Waals surface area contributed by atoms with E-state index >= 15 is 0 Å². The Morgan fingerprint density at radius 1 is 1.72 bits per heavy atom. The van der Waals surface area contributed by atoms with Crippen molar-refractivity contribution in [2.75, 3.05) is 26.0 Å². The van der Waals surface area contributed by atoms with Crippen molar-refractivity contribution in [3.63, 3.8) is 0 Å². The van der Waals surface area contributed by atoms with Crippen LogP contribution in [0, 0.1) is 0 Å². The van der Waals surface area contributed by atoms with Crippen LogP contribution in [0.2, 0.25) is 0 Å². The minimum Gasteiger partial charge on any atom is -0.464 e. The van der Waals surface area contributed by atoms with Crippen molar-refractivity contribution in [2.24, 2.45) is 0 Å². The Hall–Kier alpha value is -1.14. The molecule has 0 aliphatic heterocycles. The molecule has 1 aromatic rings. The highest BCUT2D eigenvalue weighted by Gasteiger charge is 2.28. The molecule has 0 amide bonds. The number of ether oxygens (including phenoxy) is 1. The van der Waals surface area contributed by atoms with Crippen LogP contribution in [0.3, 0.4) is 0 Å². The van der Waals surface area contributed by atoms with E-state index in [2.05, 4.69) is 33.9 Å². The summed E-state index contributed by atoms with van der Waals surface area (Å²) in [5, 5.41) is 5.75. The highest BCUT2D eigenvalue weighted by molar-refractivity contribution is 7.13. The second-order valence-electron chi connectivity index (χ2n) is 4.66. The number of carbonyl (C=O) groups excluding carboxylic acids is 1. The number of nitrogens with zero attached hydrogens (tertiary/aromatic N) is 2. The third-order valence-corrected chi connectivity index (χ3v) is 4.07. The van der Waals surface area contributed by atoms with Crippen molar-refractivity contribution in [3.05, 3.63) is 11.1 Å². The molecule has 0 spiro atoms. The molecular formula is C12H19N3O2S. The van der Waals surface area contributed by atoms with E-state index in [1.54, 1.807) is 5.38 Å². The summed E-state index contributed by atoms with van der Waals surface area (Å²) in [5.41, 5.74) is 0.369. The number of rotatable bonds is 6. The topological polar surface area (TPSA) is 54.5 Å². The maximum Gasteiger partial charge on any atom is 0.357 e. The number of thiazole rings is 1. The summed E-state index contributed by atoms with van der Waals surface area (Å²) in [6, 6.07) is 1.21. The van der Waals surface area contributed by atoms with Gasteiger partial charge < -0.3 is 10.1 Å². The fourth-order valence-electron chi connectivity index (χ4n) is 1.77. The predicted octanol–water partition coefficient (Wildman–Crippen LogP) is 1.82. The standard InChI is InChI=1S/C12H19N3O2S/c1-8(15(2)9-4-5-9)6-13-12-14-10(7-18-12)11(16)17-3/h7-9H,4-6H2,1-3H3,(H,13,14). The van der Waals surface area contributed by atoms with E-state index in [0.29, 0.717) is 11.7 Å². The number of hydrogen-bond acceptors (Lipinski definition) is 6. The van der Waals surface area contributed by atoms with Crippen molar-refractivity contribution in [1.82, 2.24) is 9.88 Å². The first-order chi connectivity index (χ1) is 8.61. The monoisotopic (exact) mass is 269 g/mol. The summed E-state index contributed by atoms with van der Waals surface area (Å²) in [4.78, 5) is 17.8. The van der Waals surface area contributed by atoms with Gasteiger partial charge in [-0.25, -0.2) is 9.78 Å². The molecule has 1 unspecified atom stereocenters. The average molecular weight is 269 g/mol. The molecule has 1 fully saturated rings. The largest absolute Gasteiger partial charge is 0.464 e. The molecule has 18 heavy (non-hydrogen) atoms. The van der Waals surface area contributed by atoms with Crippen LogP contribution in [-0.2, 0) is 4.74 Å². The van der Waals surface area contributed by atoms with Gasteiger partial charge in [0.15, 0.2) is 10.8 Å². The van der Waals surface area contributed by atoms with Crippen LogP contribution in [0.25, 0.3) is 0 Å². The number of aromatic nitrogens is 1. The van der Waals surface area contributed by atoms with Gasteiger partial charge in [0.1, 0.15) is 0 Å². The Kier molecular flexibility index (Phi) is 4.19. The van der Waals surface area contributed by atoms with Crippen molar-refractivity contribution in [1.29, 1.82) is 0 Å². The highest BCUT2D eigenvalue weighted by atomic mass is 32.1. The lowest BCUT2D eigenvalue weighted by atomic mass is 10.3. The number of esters is 1. The zero-order valence-corrected chi connectivity index (χ0v) is 11.8. The van der Waals surface area contributed by atoms with Crippen LogP contribution in [0.5, 0.6) is 0 Å². The van der Waals surface area contributed by atoms with E-state index in [9.17, 15) is 4.79 Å². The van der Waals surface area contributed by atoms with Gasteiger partial charge >= 0.3 is 5.97 Å². The Bertz CT molecular complexity index is 417. The van der Waals surface area contributed by atoms with Crippen LogP contribution in [0.1, 0.15) is 30.3 Å². The molecule has 1 aromatic heterocycles. The van der Waals surface area contributed by atoms with E-state index in [1.165, 1.54) is 31.3 Å². The van der Waals surface area contributed by atoms with E-state index in [4.69, 9.17) is 0 Å². The molecule has 6 heteroatoms. The summed E-state index contributed by atoms with van der Waals surface area (Å²) in [7, 11) is 3.52. The summed E-state index contributed by atoms with van der Waals surface area (Å²) in [6.45, 7) is 3.03. The van der Waals surface area contributed by atoms with Crippen molar-refractivity contribution in [2.45, 2.75) is 31.8 Å². The van der Waals surface area contributed by atoms with Gasteiger partial charge in [0.25, 0.3) is 0 Å². The average Bonchev–Trinajstić information content (AvgIpc) is 3.13. The van der Waals surface area contributed by atoms with Gasteiger partial charge in [0, 0.05) is 24.0 Å². The first-order valence-corrected chi connectivity index (χ1v) is 6.99. The van der Waals surface area contributed by atoms with Gasteiger partial charge in [-0.2, -0.15) is 0 Å². The maximum atomic E-state index is 11.3. The van der Waals surface area contributed by atoms with Gasteiger partial charge in [-0.05, 0) is 26.8 Å². The van der Waals surface area contributed by atoms with Crippen LogP contribution in [0.15, 0.2) is 5.38 Å². The molecule has 0 aromatic carbocycles. The zero-order valence-electron chi connectivity index (χ0n) is 11.0. The first kappa shape index (κ1) is 13.3. The van der Waals surface area contributed by atoms with E-state index in [-0.39, 0.29) is 5.97 Å².